The second-order valence-electron chi connectivity index (χ2n) is 4.55. The van der Waals surface area contributed by atoms with E-state index in [9.17, 15) is 9.90 Å². The van der Waals surface area contributed by atoms with Crippen LogP contribution in [0.15, 0.2) is 0 Å². The van der Waals surface area contributed by atoms with Crippen LogP contribution in [0.3, 0.4) is 0 Å². The Hall–Kier alpha value is -0.610. The molecule has 0 saturated heterocycles. The predicted octanol–water partition coefficient (Wildman–Crippen LogP) is 2.02. The lowest BCUT2D eigenvalue weighted by atomic mass is 9.96. The first-order valence-corrected chi connectivity index (χ1v) is 6.72. The SMILES string of the molecule is CCC(CC)C(O)CNCCCCCC(=O)O. The van der Waals surface area contributed by atoms with Gasteiger partial charge in [0.05, 0.1) is 6.10 Å². The number of rotatable bonds is 11. The molecule has 0 saturated carbocycles. The van der Waals surface area contributed by atoms with Gasteiger partial charge in [0.1, 0.15) is 0 Å². The van der Waals surface area contributed by atoms with E-state index in [1.807, 2.05) is 0 Å². The summed E-state index contributed by atoms with van der Waals surface area (Å²) >= 11 is 0. The maximum Gasteiger partial charge on any atom is 0.303 e. The van der Waals surface area contributed by atoms with Crippen molar-refractivity contribution in [1.82, 2.24) is 5.32 Å². The monoisotopic (exact) mass is 245 g/mol. The highest BCUT2D eigenvalue weighted by Gasteiger charge is 2.14. The lowest BCUT2D eigenvalue weighted by molar-refractivity contribution is -0.137. The molecule has 0 amide bonds. The summed E-state index contributed by atoms with van der Waals surface area (Å²) in [6, 6.07) is 0. The quantitative estimate of drug-likeness (QED) is 0.487. The summed E-state index contributed by atoms with van der Waals surface area (Å²) in [4.78, 5) is 10.3. The zero-order valence-electron chi connectivity index (χ0n) is 11.1. The van der Waals surface area contributed by atoms with E-state index in [2.05, 4.69) is 19.2 Å². The van der Waals surface area contributed by atoms with Crippen LogP contribution in [0.4, 0.5) is 0 Å². The van der Waals surface area contributed by atoms with Crippen LogP contribution in [0.2, 0.25) is 0 Å². The molecule has 0 rings (SSSR count). The fourth-order valence-electron chi connectivity index (χ4n) is 1.95. The van der Waals surface area contributed by atoms with Gasteiger partial charge in [0.25, 0.3) is 0 Å². The zero-order chi connectivity index (χ0) is 13.1. The number of carbonyl (C=O) groups is 1. The van der Waals surface area contributed by atoms with Gasteiger partial charge in [0, 0.05) is 13.0 Å². The molecule has 17 heavy (non-hydrogen) atoms. The van der Waals surface area contributed by atoms with Crippen molar-refractivity contribution in [1.29, 1.82) is 0 Å². The van der Waals surface area contributed by atoms with Crippen molar-refractivity contribution in [2.45, 2.75) is 58.5 Å². The lowest BCUT2D eigenvalue weighted by Crippen LogP contribution is -2.33. The molecule has 0 bridgehead atoms. The standard InChI is InChI=1S/C13H27NO3/c1-3-11(4-2)12(15)10-14-9-7-5-6-8-13(16)17/h11-12,14-15H,3-10H2,1-2H3,(H,16,17). The largest absolute Gasteiger partial charge is 0.481 e. The van der Waals surface area contributed by atoms with Gasteiger partial charge in [-0.15, -0.1) is 0 Å². The molecule has 3 N–H and O–H groups in total. The Morgan fingerprint density at radius 2 is 1.82 bits per heavy atom. The molecule has 4 nitrogen and oxygen atoms in total. The minimum absolute atomic E-state index is 0.260. The molecular formula is C13H27NO3. The topological polar surface area (TPSA) is 69.6 Å². The van der Waals surface area contributed by atoms with Gasteiger partial charge in [-0.1, -0.05) is 33.1 Å². The van der Waals surface area contributed by atoms with Crippen LogP contribution in [0.25, 0.3) is 0 Å². The number of hydrogen-bond donors (Lipinski definition) is 3. The Morgan fingerprint density at radius 3 is 2.35 bits per heavy atom. The van der Waals surface area contributed by atoms with Crippen molar-refractivity contribution >= 4 is 5.97 Å². The number of aliphatic carboxylic acids is 1. The second-order valence-corrected chi connectivity index (χ2v) is 4.55. The summed E-state index contributed by atoms with van der Waals surface area (Å²) in [6.45, 7) is 5.70. The fourth-order valence-corrected chi connectivity index (χ4v) is 1.95. The smallest absolute Gasteiger partial charge is 0.303 e. The summed E-state index contributed by atoms with van der Waals surface area (Å²) in [6.07, 6.45) is 4.67. The Balaban J connectivity index is 3.35. The molecule has 0 aliphatic rings. The van der Waals surface area contributed by atoms with E-state index in [-0.39, 0.29) is 12.5 Å². The van der Waals surface area contributed by atoms with Crippen LogP contribution >= 0.6 is 0 Å². The molecule has 0 aromatic carbocycles. The van der Waals surface area contributed by atoms with Gasteiger partial charge in [-0.25, -0.2) is 0 Å². The fraction of sp³-hybridized carbons (Fsp3) is 0.923. The van der Waals surface area contributed by atoms with E-state index in [0.29, 0.717) is 12.5 Å². The summed E-state index contributed by atoms with van der Waals surface area (Å²) in [5.74, 6) is -0.336. The number of carboxylic acid groups (broad SMARTS) is 1. The number of unbranched alkanes of at least 4 members (excludes halogenated alkanes) is 2. The van der Waals surface area contributed by atoms with Crippen molar-refractivity contribution in [3.63, 3.8) is 0 Å². The molecule has 0 aliphatic carbocycles. The predicted molar refractivity (Wildman–Crippen MR) is 69.1 cm³/mol. The van der Waals surface area contributed by atoms with Crippen LogP contribution in [0.5, 0.6) is 0 Å². The number of aliphatic hydroxyl groups is 1. The molecule has 1 unspecified atom stereocenters. The van der Waals surface area contributed by atoms with Gasteiger partial charge in [0.15, 0.2) is 0 Å². The first kappa shape index (κ1) is 16.4. The van der Waals surface area contributed by atoms with E-state index in [1.54, 1.807) is 0 Å². The van der Waals surface area contributed by atoms with Gasteiger partial charge >= 0.3 is 5.97 Å². The van der Waals surface area contributed by atoms with Crippen molar-refractivity contribution in [3.8, 4) is 0 Å². The van der Waals surface area contributed by atoms with Crippen molar-refractivity contribution < 1.29 is 15.0 Å². The van der Waals surface area contributed by atoms with Crippen LogP contribution in [0.1, 0.15) is 52.4 Å². The van der Waals surface area contributed by atoms with Crippen LogP contribution in [-0.4, -0.2) is 35.4 Å². The van der Waals surface area contributed by atoms with Crippen LogP contribution in [0, 0.1) is 5.92 Å². The number of carboxylic acids is 1. The third-order valence-electron chi connectivity index (χ3n) is 3.19. The molecule has 0 radical (unpaired) electrons. The first-order chi connectivity index (χ1) is 8.11. The molecule has 1 atom stereocenters. The third kappa shape index (κ3) is 9.12. The number of aliphatic hydroxyl groups excluding tert-OH is 1. The van der Waals surface area contributed by atoms with Gasteiger partial charge in [0.2, 0.25) is 0 Å². The molecule has 4 heteroatoms. The van der Waals surface area contributed by atoms with E-state index in [1.165, 1.54) is 0 Å². The molecule has 0 fully saturated rings. The van der Waals surface area contributed by atoms with Crippen molar-refractivity contribution in [3.05, 3.63) is 0 Å². The molecule has 102 valence electrons. The second kappa shape index (κ2) is 10.5. The van der Waals surface area contributed by atoms with E-state index < -0.39 is 5.97 Å². The molecule has 0 heterocycles. The Kier molecular flexibility index (Phi) is 10.2. The molecule has 0 aromatic heterocycles. The normalized spacial score (nSPS) is 12.9. The Labute approximate surface area is 104 Å². The lowest BCUT2D eigenvalue weighted by Gasteiger charge is -2.20. The highest BCUT2D eigenvalue weighted by Crippen LogP contribution is 2.12. The van der Waals surface area contributed by atoms with Crippen molar-refractivity contribution in [2.24, 2.45) is 5.92 Å². The third-order valence-corrected chi connectivity index (χ3v) is 3.19. The molecule has 0 aromatic rings. The minimum atomic E-state index is -0.720. The van der Waals surface area contributed by atoms with Crippen molar-refractivity contribution in [2.75, 3.05) is 13.1 Å². The van der Waals surface area contributed by atoms with E-state index in [4.69, 9.17) is 5.11 Å². The average Bonchev–Trinajstić information content (AvgIpc) is 2.29. The molecule has 0 spiro atoms. The maximum absolute atomic E-state index is 10.3. The zero-order valence-corrected chi connectivity index (χ0v) is 11.1. The summed E-state index contributed by atoms with van der Waals surface area (Å²) in [5, 5.41) is 21.5. The van der Waals surface area contributed by atoms with Gasteiger partial charge < -0.3 is 15.5 Å². The van der Waals surface area contributed by atoms with Gasteiger partial charge in [-0.3, -0.25) is 4.79 Å². The average molecular weight is 245 g/mol. The van der Waals surface area contributed by atoms with Gasteiger partial charge in [-0.2, -0.15) is 0 Å². The Morgan fingerprint density at radius 1 is 1.18 bits per heavy atom. The summed E-state index contributed by atoms with van der Waals surface area (Å²) in [7, 11) is 0. The number of hydrogen-bond acceptors (Lipinski definition) is 3. The summed E-state index contributed by atoms with van der Waals surface area (Å²) < 4.78 is 0. The highest BCUT2D eigenvalue weighted by atomic mass is 16.4. The first-order valence-electron chi connectivity index (χ1n) is 6.72. The Bertz CT molecular complexity index is 193. The maximum atomic E-state index is 10.3. The van der Waals surface area contributed by atoms with Crippen LogP contribution in [-0.2, 0) is 4.79 Å². The van der Waals surface area contributed by atoms with Gasteiger partial charge in [-0.05, 0) is 25.3 Å². The molecular weight excluding hydrogens is 218 g/mol. The summed E-state index contributed by atoms with van der Waals surface area (Å²) in [5.41, 5.74) is 0. The molecule has 0 aliphatic heterocycles. The van der Waals surface area contributed by atoms with E-state index >= 15 is 0 Å². The minimum Gasteiger partial charge on any atom is -0.481 e. The highest BCUT2D eigenvalue weighted by molar-refractivity contribution is 5.66. The van der Waals surface area contributed by atoms with E-state index in [0.717, 1.165) is 38.6 Å². The van der Waals surface area contributed by atoms with Crippen LogP contribution < -0.4 is 5.32 Å². The number of nitrogens with one attached hydrogen (secondary N) is 1.